The Morgan fingerprint density at radius 3 is 2.95 bits per heavy atom. The molecule has 19 heavy (non-hydrogen) atoms. The summed E-state index contributed by atoms with van der Waals surface area (Å²) in [7, 11) is 2.11. The lowest BCUT2D eigenvalue weighted by molar-refractivity contribution is 0.284. The Kier molecular flexibility index (Phi) is 2.89. The molecule has 100 valence electrons. The molecule has 1 heterocycles. The minimum atomic E-state index is 0.808. The third kappa shape index (κ3) is 1.77. The molecule has 0 amide bonds. The van der Waals surface area contributed by atoms with Gasteiger partial charge in [0.05, 0.1) is 0 Å². The highest BCUT2D eigenvalue weighted by Gasteiger charge is 2.48. The van der Waals surface area contributed by atoms with Crippen LogP contribution in [0.4, 0.5) is 0 Å². The van der Waals surface area contributed by atoms with E-state index in [0.29, 0.717) is 0 Å². The molecule has 0 saturated heterocycles. The molecule has 0 aliphatic heterocycles. The van der Waals surface area contributed by atoms with E-state index in [1.807, 2.05) is 11.3 Å². The number of benzene rings is 1. The Morgan fingerprint density at radius 1 is 1.21 bits per heavy atom. The summed E-state index contributed by atoms with van der Waals surface area (Å²) in [5, 5.41) is 7.40. The van der Waals surface area contributed by atoms with Crippen molar-refractivity contribution in [2.45, 2.75) is 25.2 Å². The minimum absolute atomic E-state index is 0.808. The van der Waals surface area contributed by atoms with E-state index in [9.17, 15) is 0 Å². The Bertz CT molecular complexity index is 588. The number of hydrogen-bond acceptors (Lipinski definition) is 2. The maximum absolute atomic E-state index is 3.44. The molecular weight excluding hydrogens is 250 g/mol. The predicted molar refractivity (Wildman–Crippen MR) is 82.8 cm³/mol. The smallest absolute Gasteiger partial charge is 0.0345 e. The van der Waals surface area contributed by atoms with Gasteiger partial charge in [-0.15, -0.1) is 11.3 Å². The number of fused-ring (bicyclic) bond motifs is 3. The molecule has 2 fully saturated rings. The van der Waals surface area contributed by atoms with Crippen LogP contribution in [0.1, 0.15) is 30.7 Å². The van der Waals surface area contributed by atoms with E-state index in [0.717, 1.165) is 23.7 Å². The molecule has 4 rings (SSSR count). The molecule has 2 heteroatoms. The first kappa shape index (κ1) is 11.9. The van der Waals surface area contributed by atoms with Crippen LogP contribution in [0.3, 0.4) is 0 Å². The second-order valence-electron chi connectivity index (χ2n) is 6.27. The first-order valence-corrected chi connectivity index (χ1v) is 8.37. The van der Waals surface area contributed by atoms with Gasteiger partial charge in [0.1, 0.15) is 0 Å². The second kappa shape index (κ2) is 4.60. The van der Waals surface area contributed by atoms with Crippen LogP contribution in [0.2, 0.25) is 0 Å². The zero-order valence-electron chi connectivity index (χ0n) is 11.4. The van der Waals surface area contributed by atoms with E-state index in [-0.39, 0.29) is 0 Å². The molecule has 0 spiro atoms. The van der Waals surface area contributed by atoms with Crippen LogP contribution in [0, 0.1) is 17.8 Å². The van der Waals surface area contributed by atoms with Gasteiger partial charge < -0.3 is 5.32 Å². The zero-order valence-corrected chi connectivity index (χ0v) is 12.2. The van der Waals surface area contributed by atoms with E-state index >= 15 is 0 Å². The lowest BCUT2D eigenvalue weighted by Gasteiger charge is -2.31. The molecule has 1 nitrogen and oxygen atoms in total. The summed E-state index contributed by atoms with van der Waals surface area (Å²) in [5.41, 5.74) is 1.65. The highest BCUT2D eigenvalue weighted by Crippen LogP contribution is 2.57. The molecule has 2 saturated carbocycles. The van der Waals surface area contributed by atoms with Gasteiger partial charge in [0.25, 0.3) is 0 Å². The summed E-state index contributed by atoms with van der Waals surface area (Å²) in [5.74, 6) is 3.59. The average molecular weight is 271 g/mol. The summed E-state index contributed by atoms with van der Waals surface area (Å²) in [6, 6.07) is 8.95. The van der Waals surface area contributed by atoms with Crippen LogP contribution < -0.4 is 5.32 Å². The third-order valence-corrected chi connectivity index (χ3v) is 6.38. The molecule has 1 aromatic carbocycles. The van der Waals surface area contributed by atoms with E-state index in [1.165, 1.54) is 35.9 Å². The molecule has 2 aliphatic rings. The monoisotopic (exact) mass is 271 g/mol. The fourth-order valence-electron chi connectivity index (χ4n) is 4.68. The summed E-state index contributed by atoms with van der Waals surface area (Å²) >= 11 is 1.93. The van der Waals surface area contributed by atoms with E-state index < -0.39 is 0 Å². The predicted octanol–water partition coefficient (Wildman–Crippen LogP) is 4.25. The number of hydrogen-bond donors (Lipinski definition) is 1. The van der Waals surface area contributed by atoms with Crippen molar-refractivity contribution in [1.82, 2.24) is 5.32 Å². The van der Waals surface area contributed by atoms with Crippen molar-refractivity contribution in [3.05, 3.63) is 35.2 Å². The Morgan fingerprint density at radius 2 is 2.05 bits per heavy atom. The Balaban J connectivity index is 1.78. The van der Waals surface area contributed by atoms with Crippen LogP contribution >= 0.6 is 11.3 Å². The Hall–Kier alpha value is -0.860. The van der Waals surface area contributed by atoms with Gasteiger partial charge in [0.2, 0.25) is 0 Å². The third-order valence-electron chi connectivity index (χ3n) is 5.40. The number of rotatable bonds is 3. The number of nitrogens with one attached hydrogen (secondary N) is 1. The highest BCUT2D eigenvalue weighted by atomic mass is 32.1. The van der Waals surface area contributed by atoms with Gasteiger partial charge in [-0.3, -0.25) is 0 Å². The summed E-state index contributed by atoms with van der Waals surface area (Å²) in [6.45, 7) is 1.19. The van der Waals surface area contributed by atoms with Crippen molar-refractivity contribution in [3.63, 3.8) is 0 Å². The van der Waals surface area contributed by atoms with Gasteiger partial charge in [-0.25, -0.2) is 0 Å². The van der Waals surface area contributed by atoms with Crippen LogP contribution in [0.15, 0.2) is 29.6 Å². The van der Waals surface area contributed by atoms with Gasteiger partial charge in [0, 0.05) is 4.70 Å². The van der Waals surface area contributed by atoms with Crippen molar-refractivity contribution < 1.29 is 0 Å². The second-order valence-corrected chi connectivity index (χ2v) is 7.18. The Labute approximate surface area is 119 Å². The van der Waals surface area contributed by atoms with Gasteiger partial charge in [-0.05, 0) is 78.9 Å². The molecule has 0 radical (unpaired) electrons. The molecule has 2 aliphatic carbocycles. The summed E-state index contributed by atoms with van der Waals surface area (Å²) in [6.07, 6.45) is 4.40. The van der Waals surface area contributed by atoms with Crippen LogP contribution in [0.25, 0.3) is 10.1 Å². The maximum Gasteiger partial charge on any atom is 0.0345 e. The fourth-order valence-corrected chi connectivity index (χ4v) is 5.69. The van der Waals surface area contributed by atoms with Crippen molar-refractivity contribution in [2.24, 2.45) is 17.8 Å². The highest BCUT2D eigenvalue weighted by molar-refractivity contribution is 7.17. The SMILES string of the molecule is CNCC1C2CCC(C2)C1c1csc2ccccc12. The largest absolute Gasteiger partial charge is 0.319 e. The average Bonchev–Trinajstić information content (AvgIpc) is 3.12. The molecule has 4 unspecified atom stereocenters. The summed E-state index contributed by atoms with van der Waals surface area (Å²) in [4.78, 5) is 0. The van der Waals surface area contributed by atoms with Crippen molar-refractivity contribution in [2.75, 3.05) is 13.6 Å². The van der Waals surface area contributed by atoms with Gasteiger partial charge in [0.15, 0.2) is 0 Å². The lowest BCUT2D eigenvalue weighted by Crippen LogP contribution is -2.29. The zero-order chi connectivity index (χ0) is 12.8. The quantitative estimate of drug-likeness (QED) is 0.880. The van der Waals surface area contributed by atoms with Crippen molar-refractivity contribution in [1.29, 1.82) is 0 Å². The van der Waals surface area contributed by atoms with Crippen LogP contribution in [-0.4, -0.2) is 13.6 Å². The lowest BCUT2D eigenvalue weighted by atomic mass is 9.75. The first-order valence-electron chi connectivity index (χ1n) is 7.49. The van der Waals surface area contributed by atoms with E-state index in [1.54, 1.807) is 5.56 Å². The van der Waals surface area contributed by atoms with Crippen LogP contribution in [-0.2, 0) is 0 Å². The van der Waals surface area contributed by atoms with Gasteiger partial charge in [-0.2, -0.15) is 0 Å². The van der Waals surface area contributed by atoms with Crippen molar-refractivity contribution >= 4 is 21.4 Å². The van der Waals surface area contributed by atoms with E-state index in [2.05, 4.69) is 42.0 Å². The minimum Gasteiger partial charge on any atom is -0.319 e. The van der Waals surface area contributed by atoms with Crippen molar-refractivity contribution in [3.8, 4) is 0 Å². The molecule has 1 N–H and O–H groups in total. The fraction of sp³-hybridized carbons (Fsp3) is 0.529. The molecular formula is C17H21NS. The standard InChI is InChI=1S/C17H21NS/c1-18-9-14-11-6-7-12(8-11)17(14)15-10-19-16-5-3-2-4-13(15)16/h2-5,10-12,14,17-18H,6-9H2,1H3. The van der Waals surface area contributed by atoms with Crippen LogP contribution in [0.5, 0.6) is 0 Å². The van der Waals surface area contributed by atoms with Gasteiger partial charge >= 0.3 is 0 Å². The summed E-state index contributed by atoms with van der Waals surface area (Å²) < 4.78 is 1.46. The van der Waals surface area contributed by atoms with E-state index in [4.69, 9.17) is 0 Å². The maximum atomic E-state index is 3.44. The van der Waals surface area contributed by atoms with Gasteiger partial charge in [-0.1, -0.05) is 18.2 Å². The number of thiophene rings is 1. The molecule has 1 aromatic heterocycles. The molecule has 2 aromatic rings. The molecule has 4 atom stereocenters. The normalized spacial score (nSPS) is 33.3. The topological polar surface area (TPSA) is 12.0 Å². The molecule has 2 bridgehead atoms. The first-order chi connectivity index (χ1) is 9.38.